The number of nitro benzene ring substituents is 1. The van der Waals surface area contributed by atoms with Gasteiger partial charge in [0.05, 0.1) is 10.6 Å². The summed E-state index contributed by atoms with van der Waals surface area (Å²) < 4.78 is 1.12. The monoisotopic (exact) mass is 400 g/mol. The highest BCUT2D eigenvalue weighted by Crippen LogP contribution is 2.25. The fourth-order valence-electron chi connectivity index (χ4n) is 1.56. The zero-order valence-electron chi connectivity index (χ0n) is 10.5. The van der Waals surface area contributed by atoms with Crippen molar-refractivity contribution >= 4 is 51.8 Å². The van der Waals surface area contributed by atoms with Crippen molar-refractivity contribution in [3.8, 4) is 0 Å². The molecule has 0 saturated heterocycles. The number of halogens is 2. The first-order chi connectivity index (χ1) is 9.47. The number of hydrogen-bond acceptors (Lipinski definition) is 3. The van der Waals surface area contributed by atoms with E-state index in [4.69, 9.17) is 11.6 Å². The quantitative estimate of drug-likeness (QED) is 0.318. The summed E-state index contributed by atoms with van der Waals surface area (Å²) in [4.78, 5) is 14.6. The summed E-state index contributed by atoms with van der Waals surface area (Å²) in [6.45, 7) is 2.03. The predicted molar refractivity (Wildman–Crippen MR) is 89.3 cm³/mol. The standard InChI is InChI=1S/C14H10ClIN2O2/c1-9-2-4-11(7-13(9)16)17-8-10-3-5-12(15)14(6-10)18(19)20/h2-8H,1H3. The maximum absolute atomic E-state index is 10.8. The molecule has 0 aromatic heterocycles. The summed E-state index contributed by atoms with van der Waals surface area (Å²) in [7, 11) is 0. The van der Waals surface area contributed by atoms with Crippen molar-refractivity contribution in [3.05, 3.63) is 66.2 Å². The third-order valence-corrected chi connectivity index (χ3v) is 4.17. The SMILES string of the molecule is Cc1ccc(N=Cc2ccc(Cl)c([N+](=O)[O-])c2)cc1I. The van der Waals surface area contributed by atoms with Crippen LogP contribution in [0.15, 0.2) is 41.4 Å². The summed E-state index contributed by atoms with van der Waals surface area (Å²) >= 11 is 8.00. The van der Waals surface area contributed by atoms with Gasteiger partial charge in [0, 0.05) is 15.9 Å². The predicted octanol–water partition coefficient (Wildman–Crippen LogP) is 4.91. The Morgan fingerprint density at radius 2 is 2.05 bits per heavy atom. The summed E-state index contributed by atoms with van der Waals surface area (Å²) in [6, 6.07) is 10.4. The number of aryl methyl sites for hydroxylation is 1. The Balaban J connectivity index is 2.29. The number of nitrogens with zero attached hydrogens (tertiary/aromatic N) is 2. The van der Waals surface area contributed by atoms with Gasteiger partial charge >= 0.3 is 0 Å². The molecule has 0 atom stereocenters. The lowest BCUT2D eigenvalue weighted by molar-refractivity contribution is -0.384. The molecule has 0 fully saturated rings. The second kappa shape index (κ2) is 6.32. The van der Waals surface area contributed by atoms with Gasteiger partial charge in [-0.1, -0.05) is 23.7 Å². The minimum Gasteiger partial charge on any atom is -0.258 e. The topological polar surface area (TPSA) is 55.5 Å². The highest BCUT2D eigenvalue weighted by molar-refractivity contribution is 14.1. The first-order valence-electron chi connectivity index (χ1n) is 5.71. The highest BCUT2D eigenvalue weighted by atomic mass is 127. The molecule has 0 unspecified atom stereocenters. The van der Waals surface area contributed by atoms with Gasteiger partial charge in [-0.2, -0.15) is 0 Å². The largest absolute Gasteiger partial charge is 0.288 e. The first-order valence-corrected chi connectivity index (χ1v) is 7.17. The van der Waals surface area contributed by atoms with Crippen LogP contribution in [0.2, 0.25) is 5.02 Å². The van der Waals surface area contributed by atoms with Crippen LogP contribution in [0.5, 0.6) is 0 Å². The van der Waals surface area contributed by atoms with E-state index >= 15 is 0 Å². The molecule has 0 spiro atoms. The normalized spacial score (nSPS) is 10.9. The second-order valence-corrected chi connectivity index (χ2v) is 5.73. The third kappa shape index (κ3) is 3.55. The molecule has 6 heteroatoms. The summed E-state index contributed by atoms with van der Waals surface area (Å²) in [5, 5.41) is 10.9. The average molecular weight is 401 g/mol. The minimum absolute atomic E-state index is 0.117. The van der Waals surface area contributed by atoms with Crippen LogP contribution in [0.3, 0.4) is 0 Å². The van der Waals surface area contributed by atoms with Crippen molar-refractivity contribution in [2.24, 2.45) is 4.99 Å². The first kappa shape index (κ1) is 14.9. The number of rotatable bonds is 3. The van der Waals surface area contributed by atoms with Crippen molar-refractivity contribution < 1.29 is 4.92 Å². The van der Waals surface area contributed by atoms with Crippen molar-refractivity contribution in [1.82, 2.24) is 0 Å². The van der Waals surface area contributed by atoms with Crippen LogP contribution in [0, 0.1) is 20.6 Å². The molecule has 102 valence electrons. The van der Waals surface area contributed by atoms with Gasteiger partial charge in [0.2, 0.25) is 0 Å². The van der Waals surface area contributed by atoms with E-state index in [1.54, 1.807) is 12.3 Å². The molecule has 0 aliphatic rings. The van der Waals surface area contributed by atoms with Gasteiger partial charge in [0.15, 0.2) is 0 Å². The summed E-state index contributed by atoms with van der Waals surface area (Å²) in [6.07, 6.45) is 1.59. The maximum Gasteiger partial charge on any atom is 0.288 e. The number of benzene rings is 2. The van der Waals surface area contributed by atoms with Gasteiger partial charge in [-0.05, 0) is 58.8 Å². The van der Waals surface area contributed by atoms with Crippen LogP contribution in [-0.2, 0) is 0 Å². The van der Waals surface area contributed by atoms with Gasteiger partial charge in [-0.25, -0.2) is 0 Å². The lowest BCUT2D eigenvalue weighted by atomic mass is 10.2. The average Bonchev–Trinajstić information content (AvgIpc) is 2.41. The number of nitro groups is 1. The lowest BCUT2D eigenvalue weighted by Crippen LogP contribution is -1.91. The third-order valence-electron chi connectivity index (χ3n) is 2.68. The van der Waals surface area contributed by atoms with Gasteiger partial charge in [0.25, 0.3) is 5.69 Å². The molecule has 0 N–H and O–H groups in total. The molecule has 2 aromatic carbocycles. The van der Waals surface area contributed by atoms with E-state index in [1.807, 2.05) is 25.1 Å². The van der Waals surface area contributed by atoms with Crippen LogP contribution < -0.4 is 0 Å². The van der Waals surface area contributed by atoms with Crippen LogP contribution in [-0.4, -0.2) is 11.1 Å². The minimum atomic E-state index is -0.505. The van der Waals surface area contributed by atoms with E-state index in [0.717, 1.165) is 9.26 Å². The van der Waals surface area contributed by atoms with E-state index < -0.39 is 4.92 Å². The Bertz CT molecular complexity index is 702. The second-order valence-electron chi connectivity index (χ2n) is 4.16. The van der Waals surface area contributed by atoms with Crippen LogP contribution >= 0.6 is 34.2 Å². The molecule has 20 heavy (non-hydrogen) atoms. The fraction of sp³-hybridized carbons (Fsp3) is 0.0714. The van der Waals surface area contributed by atoms with E-state index in [9.17, 15) is 10.1 Å². The molecular formula is C14H10ClIN2O2. The van der Waals surface area contributed by atoms with Gasteiger partial charge < -0.3 is 0 Å². The molecular weight excluding hydrogens is 391 g/mol. The molecule has 0 bridgehead atoms. The van der Waals surface area contributed by atoms with Crippen molar-refractivity contribution in [1.29, 1.82) is 0 Å². The Morgan fingerprint density at radius 1 is 1.30 bits per heavy atom. The summed E-state index contributed by atoms with van der Waals surface area (Å²) in [5.74, 6) is 0. The lowest BCUT2D eigenvalue weighted by Gasteiger charge is -2.00. The van der Waals surface area contributed by atoms with Crippen molar-refractivity contribution in [2.45, 2.75) is 6.92 Å². The molecule has 0 heterocycles. The molecule has 4 nitrogen and oxygen atoms in total. The molecule has 2 aromatic rings. The van der Waals surface area contributed by atoms with Crippen molar-refractivity contribution in [3.63, 3.8) is 0 Å². The maximum atomic E-state index is 10.8. The fourth-order valence-corrected chi connectivity index (χ4v) is 2.25. The smallest absolute Gasteiger partial charge is 0.258 e. The molecule has 0 aliphatic carbocycles. The van der Waals surface area contributed by atoms with Crippen LogP contribution in [0.25, 0.3) is 0 Å². The Labute approximate surface area is 134 Å². The molecule has 0 aliphatic heterocycles. The Hall–Kier alpha value is -1.47. The molecule has 0 amide bonds. The van der Waals surface area contributed by atoms with Gasteiger partial charge in [-0.3, -0.25) is 15.1 Å². The van der Waals surface area contributed by atoms with E-state index in [1.165, 1.54) is 17.7 Å². The van der Waals surface area contributed by atoms with Crippen LogP contribution in [0.1, 0.15) is 11.1 Å². The van der Waals surface area contributed by atoms with E-state index in [2.05, 4.69) is 27.6 Å². The Kier molecular flexibility index (Phi) is 4.72. The van der Waals surface area contributed by atoms with Crippen molar-refractivity contribution in [2.75, 3.05) is 0 Å². The summed E-state index contributed by atoms with van der Waals surface area (Å²) in [5.41, 5.74) is 2.51. The van der Waals surface area contributed by atoms with Gasteiger partial charge in [-0.15, -0.1) is 0 Å². The molecule has 2 rings (SSSR count). The van der Waals surface area contributed by atoms with Crippen LogP contribution in [0.4, 0.5) is 11.4 Å². The number of aliphatic imine (C=N–C) groups is 1. The molecule has 0 saturated carbocycles. The van der Waals surface area contributed by atoms with E-state index in [0.29, 0.717) is 5.56 Å². The van der Waals surface area contributed by atoms with E-state index in [-0.39, 0.29) is 10.7 Å². The number of hydrogen-bond donors (Lipinski definition) is 0. The zero-order valence-corrected chi connectivity index (χ0v) is 13.4. The van der Waals surface area contributed by atoms with Gasteiger partial charge in [0.1, 0.15) is 5.02 Å². The Morgan fingerprint density at radius 3 is 2.70 bits per heavy atom. The zero-order chi connectivity index (χ0) is 14.7. The highest BCUT2D eigenvalue weighted by Gasteiger charge is 2.11. The molecule has 0 radical (unpaired) electrons.